The third-order valence-electron chi connectivity index (χ3n) is 4.01. The Bertz CT molecular complexity index is 726. The number of carbonyl (C=O) groups excluding carboxylic acids is 3. The van der Waals surface area contributed by atoms with Crippen LogP contribution in [0.1, 0.15) is 44.0 Å². The van der Waals surface area contributed by atoms with Crippen LogP contribution >= 0.6 is 0 Å². The van der Waals surface area contributed by atoms with Gasteiger partial charge in [0.15, 0.2) is 6.10 Å². The van der Waals surface area contributed by atoms with Crippen LogP contribution in [0.15, 0.2) is 54.1 Å². The van der Waals surface area contributed by atoms with Crippen LogP contribution in [-0.2, 0) is 23.8 Å². The summed E-state index contributed by atoms with van der Waals surface area (Å²) in [6.45, 7) is 5.72. The van der Waals surface area contributed by atoms with Crippen LogP contribution in [0.4, 0.5) is 0 Å². The average Bonchev–Trinajstić information content (AvgIpc) is 2.76. The Morgan fingerprint density at radius 3 is 2.40 bits per heavy atom. The summed E-state index contributed by atoms with van der Waals surface area (Å²) in [5.41, 5.74) is 0.939. The van der Waals surface area contributed by atoms with Gasteiger partial charge in [-0.05, 0) is 38.8 Å². The van der Waals surface area contributed by atoms with Crippen molar-refractivity contribution in [3.63, 3.8) is 0 Å². The van der Waals surface area contributed by atoms with Crippen molar-refractivity contribution in [1.29, 1.82) is 0 Å². The Morgan fingerprint density at radius 1 is 1.03 bits per heavy atom. The molecule has 1 unspecified atom stereocenters. The lowest BCUT2D eigenvalue weighted by molar-refractivity contribution is -0.144. The molecule has 1 N–H and O–H groups in total. The second-order valence-corrected chi connectivity index (χ2v) is 6.25. The van der Waals surface area contributed by atoms with Gasteiger partial charge in [0, 0.05) is 12.1 Å². The van der Waals surface area contributed by atoms with E-state index < -0.39 is 23.9 Å². The van der Waals surface area contributed by atoms with Crippen molar-refractivity contribution in [2.24, 2.45) is 0 Å². The van der Waals surface area contributed by atoms with Gasteiger partial charge in [0.2, 0.25) is 0 Å². The summed E-state index contributed by atoms with van der Waals surface area (Å²) in [4.78, 5) is 36.3. The highest BCUT2D eigenvalue weighted by atomic mass is 16.6. The number of rotatable bonds is 13. The van der Waals surface area contributed by atoms with E-state index >= 15 is 0 Å². The molecule has 1 rings (SSSR count). The molecule has 0 radical (unpaired) electrons. The van der Waals surface area contributed by atoms with Crippen molar-refractivity contribution in [3.8, 4) is 0 Å². The Morgan fingerprint density at radius 2 is 1.77 bits per heavy atom. The molecular weight excluding hydrogens is 386 g/mol. The van der Waals surface area contributed by atoms with Gasteiger partial charge in [0.05, 0.1) is 12.2 Å². The monoisotopic (exact) mass is 417 g/mol. The van der Waals surface area contributed by atoms with Crippen molar-refractivity contribution < 1.29 is 28.6 Å². The first-order valence-electron chi connectivity index (χ1n) is 10.1. The molecule has 0 bridgehead atoms. The molecule has 1 amide bonds. The van der Waals surface area contributed by atoms with Crippen LogP contribution in [0.3, 0.4) is 0 Å². The number of carbonyl (C=O) groups is 3. The number of amides is 1. The number of likely N-dealkylation sites (N-methyl/N-ethyl adjacent to an activating group) is 1. The average molecular weight is 418 g/mol. The van der Waals surface area contributed by atoms with E-state index in [1.165, 1.54) is 0 Å². The topological polar surface area (TPSA) is 90.9 Å². The van der Waals surface area contributed by atoms with E-state index in [9.17, 15) is 14.4 Å². The highest BCUT2D eigenvalue weighted by molar-refractivity contribution is 5.90. The number of benzene rings is 1. The van der Waals surface area contributed by atoms with Gasteiger partial charge >= 0.3 is 11.9 Å². The lowest BCUT2D eigenvalue weighted by atomic mass is 10.1. The van der Waals surface area contributed by atoms with Crippen LogP contribution < -0.4 is 5.32 Å². The zero-order valence-electron chi connectivity index (χ0n) is 17.9. The fourth-order valence-corrected chi connectivity index (χ4v) is 2.41. The number of nitrogens with one attached hydrogen (secondary N) is 1. The third kappa shape index (κ3) is 9.52. The Balaban J connectivity index is 2.50. The Kier molecular flexibility index (Phi) is 12.5. The number of esters is 2. The van der Waals surface area contributed by atoms with Crippen molar-refractivity contribution in [1.82, 2.24) is 5.32 Å². The van der Waals surface area contributed by atoms with Crippen LogP contribution in [0.25, 0.3) is 0 Å². The molecule has 7 heteroatoms. The van der Waals surface area contributed by atoms with Gasteiger partial charge in [0.25, 0.3) is 5.91 Å². The second-order valence-electron chi connectivity index (χ2n) is 6.25. The molecule has 1 aromatic rings. The second kappa shape index (κ2) is 15.0. The molecule has 30 heavy (non-hydrogen) atoms. The number of allylic oxidation sites excluding steroid dienone is 3. The highest BCUT2D eigenvalue weighted by Gasteiger charge is 2.21. The van der Waals surface area contributed by atoms with E-state index in [0.717, 1.165) is 6.42 Å². The maximum absolute atomic E-state index is 12.2. The van der Waals surface area contributed by atoms with Gasteiger partial charge in [-0.3, -0.25) is 4.79 Å². The largest absolute Gasteiger partial charge is 0.460 e. The first-order valence-corrected chi connectivity index (χ1v) is 10.1. The van der Waals surface area contributed by atoms with Gasteiger partial charge in [-0.1, -0.05) is 43.4 Å². The van der Waals surface area contributed by atoms with Crippen LogP contribution in [-0.4, -0.2) is 50.3 Å². The molecule has 0 aromatic heterocycles. The fourth-order valence-electron chi connectivity index (χ4n) is 2.41. The zero-order valence-corrected chi connectivity index (χ0v) is 17.9. The summed E-state index contributed by atoms with van der Waals surface area (Å²) in [6, 6.07) is 8.48. The minimum Gasteiger partial charge on any atom is -0.460 e. The minimum atomic E-state index is -0.995. The molecule has 0 aliphatic carbocycles. The zero-order chi connectivity index (χ0) is 22.2. The molecule has 0 spiro atoms. The first-order chi connectivity index (χ1) is 14.5. The Hall–Kier alpha value is -2.93. The number of hydrogen-bond donors (Lipinski definition) is 1. The predicted molar refractivity (Wildman–Crippen MR) is 114 cm³/mol. The summed E-state index contributed by atoms with van der Waals surface area (Å²) in [6.07, 6.45) is 6.01. The maximum Gasteiger partial charge on any atom is 0.338 e. The number of ether oxygens (including phenoxy) is 3. The van der Waals surface area contributed by atoms with Gasteiger partial charge < -0.3 is 19.5 Å². The van der Waals surface area contributed by atoms with Crippen LogP contribution in [0.5, 0.6) is 0 Å². The fraction of sp³-hybridized carbons (Fsp3) is 0.435. The summed E-state index contributed by atoms with van der Waals surface area (Å²) < 4.78 is 15.9. The van der Waals surface area contributed by atoms with E-state index in [0.29, 0.717) is 24.1 Å². The van der Waals surface area contributed by atoms with Crippen LogP contribution in [0.2, 0.25) is 0 Å². The molecule has 0 aliphatic rings. The smallest absolute Gasteiger partial charge is 0.338 e. The maximum atomic E-state index is 12.2. The summed E-state index contributed by atoms with van der Waals surface area (Å²) in [5.74, 6) is -1.37. The lowest BCUT2D eigenvalue weighted by Gasteiger charge is -2.17. The van der Waals surface area contributed by atoms with Crippen molar-refractivity contribution in [2.75, 3.05) is 26.4 Å². The molecule has 0 saturated heterocycles. The van der Waals surface area contributed by atoms with Gasteiger partial charge in [0.1, 0.15) is 13.2 Å². The molecule has 0 aliphatic heterocycles. The van der Waals surface area contributed by atoms with Gasteiger partial charge in [-0.15, -0.1) is 0 Å². The molecule has 7 nitrogen and oxygen atoms in total. The van der Waals surface area contributed by atoms with Gasteiger partial charge in [-0.2, -0.15) is 0 Å². The third-order valence-corrected chi connectivity index (χ3v) is 4.01. The summed E-state index contributed by atoms with van der Waals surface area (Å²) in [7, 11) is 0. The summed E-state index contributed by atoms with van der Waals surface area (Å²) in [5, 5.41) is 2.64. The molecule has 0 heterocycles. The molecule has 1 aromatic carbocycles. The molecule has 0 fully saturated rings. The van der Waals surface area contributed by atoms with Crippen molar-refractivity contribution in [3.05, 3.63) is 59.7 Å². The highest BCUT2D eigenvalue weighted by Crippen LogP contribution is 2.07. The van der Waals surface area contributed by atoms with E-state index in [4.69, 9.17) is 14.2 Å². The van der Waals surface area contributed by atoms with E-state index in [-0.39, 0.29) is 19.8 Å². The molecule has 1 atom stereocenters. The van der Waals surface area contributed by atoms with E-state index in [2.05, 4.69) is 5.32 Å². The Labute approximate surface area is 178 Å². The lowest BCUT2D eigenvalue weighted by Crippen LogP contribution is -2.40. The summed E-state index contributed by atoms with van der Waals surface area (Å²) >= 11 is 0. The minimum absolute atomic E-state index is 0.00176. The van der Waals surface area contributed by atoms with E-state index in [1.54, 1.807) is 50.3 Å². The SMILES string of the molecule is C/C=C(\C/C=C\CC)C(=O)OCCOC(COC(=O)c1ccccc1)C(=O)NCC. The first kappa shape index (κ1) is 25.1. The number of hydrogen-bond acceptors (Lipinski definition) is 6. The van der Waals surface area contributed by atoms with Gasteiger partial charge in [-0.25, -0.2) is 9.59 Å². The molecule has 164 valence electrons. The molecular formula is C23H31NO6. The molecule has 0 saturated carbocycles. The predicted octanol–water partition coefficient (Wildman–Crippen LogP) is 3.21. The standard InChI is InChI=1S/C23H31NO6/c1-4-7-9-12-18(5-2)22(26)29-16-15-28-20(21(25)24-6-3)17-30-23(27)19-13-10-8-11-14-19/h5,7-11,13-14,20H,4,6,12,15-17H2,1-3H3,(H,24,25)/b9-7-,18-5+. The quantitative estimate of drug-likeness (QED) is 0.229. The van der Waals surface area contributed by atoms with Crippen molar-refractivity contribution in [2.45, 2.75) is 39.7 Å². The van der Waals surface area contributed by atoms with E-state index in [1.807, 2.05) is 19.1 Å². The van der Waals surface area contributed by atoms with Crippen LogP contribution in [0, 0.1) is 0 Å². The van der Waals surface area contributed by atoms with Crippen molar-refractivity contribution >= 4 is 17.8 Å². The normalized spacial score (nSPS) is 12.4.